The molecule has 0 bridgehead atoms. The number of halogens is 3. The first-order valence-corrected chi connectivity index (χ1v) is 12.7. The van der Waals surface area contributed by atoms with Gasteiger partial charge in [-0.2, -0.15) is 10.5 Å². The molecule has 3 nitrogen and oxygen atoms in total. The molecule has 0 unspecified atom stereocenters. The molecule has 0 aliphatic rings. The van der Waals surface area contributed by atoms with Gasteiger partial charge >= 0.3 is 0 Å². The first-order chi connectivity index (χ1) is 17.0. The van der Waals surface area contributed by atoms with Gasteiger partial charge in [0.2, 0.25) is 0 Å². The first kappa shape index (κ1) is 25.0. The van der Waals surface area contributed by atoms with E-state index in [1.165, 1.54) is 11.8 Å². The van der Waals surface area contributed by atoms with Crippen molar-refractivity contribution >= 4 is 52.4 Å². The molecule has 0 saturated heterocycles. The molecule has 4 aromatic carbocycles. The van der Waals surface area contributed by atoms with E-state index >= 15 is 4.39 Å². The highest BCUT2D eigenvalue weighted by Crippen LogP contribution is 2.49. The van der Waals surface area contributed by atoms with Crippen LogP contribution in [0.2, 0.25) is 10.0 Å². The Bertz CT molecular complexity index is 1460. The maximum atomic E-state index is 15.8. The van der Waals surface area contributed by atoms with E-state index in [-0.39, 0.29) is 16.0 Å². The normalized spacial score (nSPS) is 10.4. The second kappa shape index (κ2) is 11.5. The molecule has 0 atom stereocenters. The monoisotopic (exact) mass is 535 g/mol. The van der Waals surface area contributed by atoms with Crippen molar-refractivity contribution < 1.29 is 4.39 Å². The number of rotatable bonds is 7. The number of nitrogens with one attached hydrogen (secondary N) is 1. The van der Waals surface area contributed by atoms with E-state index < -0.39 is 5.82 Å². The van der Waals surface area contributed by atoms with E-state index in [1.807, 2.05) is 54.6 Å². The molecule has 35 heavy (non-hydrogen) atoms. The number of nitriles is 2. The molecule has 172 valence electrons. The summed E-state index contributed by atoms with van der Waals surface area (Å²) in [4.78, 5) is 1.95. The molecular weight excluding hydrogens is 520 g/mol. The molecule has 0 heterocycles. The number of hydrogen-bond acceptors (Lipinski definition) is 5. The highest BCUT2D eigenvalue weighted by molar-refractivity contribution is 8.02. The van der Waals surface area contributed by atoms with E-state index in [0.717, 1.165) is 17.3 Å². The maximum Gasteiger partial charge on any atom is 0.157 e. The summed E-state index contributed by atoms with van der Waals surface area (Å²) in [5, 5.41) is 24.0. The number of benzene rings is 4. The lowest BCUT2D eigenvalue weighted by atomic mass is 10.1. The Labute approximate surface area is 221 Å². The molecule has 0 fully saturated rings. The zero-order chi connectivity index (χ0) is 24.8. The Morgan fingerprint density at radius 2 is 1.23 bits per heavy atom. The zero-order valence-corrected chi connectivity index (χ0v) is 21.2. The van der Waals surface area contributed by atoms with Gasteiger partial charge in [-0.25, -0.2) is 4.39 Å². The van der Waals surface area contributed by atoms with Crippen LogP contribution in [-0.2, 0) is 6.54 Å². The van der Waals surface area contributed by atoms with Crippen LogP contribution in [0.3, 0.4) is 0 Å². The Morgan fingerprint density at radius 1 is 0.714 bits per heavy atom. The fourth-order valence-corrected chi connectivity index (χ4v) is 5.97. The Kier molecular flexibility index (Phi) is 8.23. The van der Waals surface area contributed by atoms with E-state index in [9.17, 15) is 10.5 Å². The topological polar surface area (TPSA) is 59.6 Å². The lowest BCUT2D eigenvalue weighted by molar-refractivity contribution is 0.590. The molecule has 8 heteroatoms. The summed E-state index contributed by atoms with van der Waals surface area (Å²) in [5.74, 6) is -0.770. The molecule has 0 aliphatic heterocycles. The van der Waals surface area contributed by atoms with E-state index in [4.69, 9.17) is 23.2 Å². The van der Waals surface area contributed by atoms with Crippen LogP contribution >= 0.6 is 46.7 Å². The van der Waals surface area contributed by atoms with Gasteiger partial charge in [0.1, 0.15) is 17.7 Å². The van der Waals surface area contributed by atoms with Crippen molar-refractivity contribution in [2.75, 3.05) is 5.32 Å². The quantitative estimate of drug-likeness (QED) is 0.256. The van der Waals surface area contributed by atoms with Gasteiger partial charge < -0.3 is 5.32 Å². The van der Waals surface area contributed by atoms with Gasteiger partial charge in [-0.15, -0.1) is 0 Å². The Balaban J connectivity index is 1.94. The molecule has 4 rings (SSSR count). The van der Waals surface area contributed by atoms with Gasteiger partial charge in [-0.3, -0.25) is 0 Å². The average molecular weight is 536 g/mol. The van der Waals surface area contributed by atoms with Crippen LogP contribution in [0, 0.1) is 28.5 Å². The van der Waals surface area contributed by atoms with E-state index in [1.54, 1.807) is 36.4 Å². The summed E-state index contributed by atoms with van der Waals surface area (Å²) < 4.78 is 15.8. The van der Waals surface area contributed by atoms with Gasteiger partial charge in [0.05, 0.1) is 31.1 Å². The van der Waals surface area contributed by atoms with Crippen molar-refractivity contribution in [1.82, 2.24) is 0 Å². The van der Waals surface area contributed by atoms with E-state index in [0.29, 0.717) is 37.0 Å². The Morgan fingerprint density at radius 3 is 1.77 bits per heavy atom. The third-order valence-electron chi connectivity index (χ3n) is 4.99. The van der Waals surface area contributed by atoms with Gasteiger partial charge in [-0.1, -0.05) is 101 Å². The van der Waals surface area contributed by atoms with Crippen molar-refractivity contribution in [2.24, 2.45) is 0 Å². The van der Waals surface area contributed by atoms with Gasteiger partial charge in [0, 0.05) is 16.3 Å². The van der Waals surface area contributed by atoms with Crippen molar-refractivity contribution in [2.45, 2.75) is 26.1 Å². The summed E-state index contributed by atoms with van der Waals surface area (Å²) in [7, 11) is 0. The smallest absolute Gasteiger partial charge is 0.157 e. The lowest BCUT2D eigenvalue weighted by Crippen LogP contribution is -2.07. The molecule has 0 aliphatic carbocycles. The predicted octanol–water partition coefficient (Wildman–Crippen LogP) is 8.79. The minimum Gasteiger partial charge on any atom is -0.379 e. The molecule has 0 aromatic heterocycles. The maximum absolute atomic E-state index is 15.8. The van der Waals surface area contributed by atoms with Crippen molar-refractivity contribution in [1.29, 1.82) is 10.5 Å². The molecule has 0 spiro atoms. The fourth-order valence-electron chi connectivity index (χ4n) is 3.31. The molecule has 0 radical (unpaired) electrons. The summed E-state index contributed by atoms with van der Waals surface area (Å²) in [6, 6.07) is 27.8. The minimum absolute atomic E-state index is 0.0565. The molecule has 0 saturated carbocycles. The van der Waals surface area contributed by atoms with Crippen LogP contribution in [0.1, 0.15) is 16.7 Å². The van der Waals surface area contributed by atoms with Crippen LogP contribution < -0.4 is 5.32 Å². The average Bonchev–Trinajstić information content (AvgIpc) is 2.88. The van der Waals surface area contributed by atoms with Crippen molar-refractivity contribution in [3.05, 3.63) is 111 Å². The number of nitrogens with zero attached hydrogens (tertiary/aromatic N) is 2. The number of anilines is 1. The first-order valence-electron chi connectivity index (χ1n) is 10.4. The van der Waals surface area contributed by atoms with Crippen LogP contribution in [-0.4, -0.2) is 0 Å². The van der Waals surface area contributed by atoms with Crippen LogP contribution in [0.15, 0.2) is 98.4 Å². The van der Waals surface area contributed by atoms with Crippen molar-refractivity contribution in [3.8, 4) is 12.1 Å². The van der Waals surface area contributed by atoms with Crippen molar-refractivity contribution in [3.63, 3.8) is 0 Å². The fraction of sp³-hybridized carbons (Fsp3) is 0.0370. The summed E-state index contributed by atoms with van der Waals surface area (Å²) >= 11 is 15.1. The molecule has 4 aromatic rings. The summed E-state index contributed by atoms with van der Waals surface area (Å²) in [6.45, 7) is 0.373. The second-order valence-corrected chi connectivity index (χ2v) is 10.1. The third-order valence-corrected chi connectivity index (χ3v) is 8.35. The molecule has 0 amide bonds. The highest BCUT2D eigenvalue weighted by atomic mass is 35.5. The lowest BCUT2D eigenvalue weighted by Gasteiger charge is -2.20. The highest BCUT2D eigenvalue weighted by Gasteiger charge is 2.27. The SMILES string of the molecule is N#Cc1c(F)c(Sc2ccccc2Cl)c(Sc2ccccc2Cl)c(NCc2ccccc2)c1C#N. The zero-order valence-electron chi connectivity index (χ0n) is 18.1. The van der Waals surface area contributed by atoms with Gasteiger partial charge in [0.25, 0.3) is 0 Å². The van der Waals surface area contributed by atoms with Crippen LogP contribution in [0.25, 0.3) is 0 Å². The van der Waals surface area contributed by atoms with E-state index in [2.05, 4.69) is 5.32 Å². The number of hydrogen-bond donors (Lipinski definition) is 1. The van der Waals surface area contributed by atoms with Crippen LogP contribution in [0.4, 0.5) is 10.1 Å². The predicted molar refractivity (Wildman–Crippen MR) is 141 cm³/mol. The Hall–Kier alpha value is -3.13. The largest absolute Gasteiger partial charge is 0.379 e. The summed E-state index contributed by atoms with van der Waals surface area (Å²) in [5.41, 5.74) is 0.960. The van der Waals surface area contributed by atoms with Crippen LogP contribution in [0.5, 0.6) is 0 Å². The molecular formula is C27H16Cl2FN3S2. The standard InChI is InChI=1S/C27H16Cl2FN3S2/c28-20-10-4-6-12-22(20)34-26-24(30)18(14-31)19(15-32)25(33-16-17-8-2-1-3-9-17)27(26)35-23-13-7-5-11-21(23)29/h1-13,33H,16H2. The second-order valence-electron chi connectivity index (χ2n) is 7.22. The van der Waals surface area contributed by atoms with Gasteiger partial charge in [0.15, 0.2) is 5.82 Å². The van der Waals surface area contributed by atoms with Gasteiger partial charge in [-0.05, 0) is 29.8 Å². The summed E-state index contributed by atoms with van der Waals surface area (Å²) in [6.07, 6.45) is 0. The molecule has 1 N–H and O–H groups in total. The minimum atomic E-state index is -0.770. The third kappa shape index (κ3) is 5.59.